The Hall–Kier alpha value is -5.30. The third-order valence-corrected chi connectivity index (χ3v) is 9.72. The molecule has 1 aromatic heterocycles. The van der Waals surface area contributed by atoms with Crippen molar-refractivity contribution in [3.05, 3.63) is 95.1 Å². The van der Waals surface area contributed by atoms with E-state index in [0.29, 0.717) is 23.4 Å². The lowest BCUT2D eigenvalue weighted by Crippen LogP contribution is -2.45. The number of carbonyl (C=O) groups excluding carboxylic acids is 3. The molecule has 0 aliphatic carbocycles. The van der Waals surface area contributed by atoms with Crippen LogP contribution in [0.5, 0.6) is 5.88 Å². The molecule has 2 N–H and O–H groups in total. The Labute approximate surface area is 285 Å². The van der Waals surface area contributed by atoms with Gasteiger partial charge in [-0.05, 0) is 72.7 Å². The van der Waals surface area contributed by atoms with Gasteiger partial charge in [-0.1, -0.05) is 57.2 Å². The highest BCUT2D eigenvalue weighted by Crippen LogP contribution is 2.32. The molecule has 1 saturated heterocycles. The fraction of sp³-hybridized carbons (Fsp3) is 0.306. The first-order valence-corrected chi connectivity index (χ1v) is 17.4. The van der Waals surface area contributed by atoms with Gasteiger partial charge in [0.25, 0.3) is 15.9 Å². The lowest BCUT2D eigenvalue weighted by Gasteiger charge is -2.36. The third kappa shape index (κ3) is 7.41. The number of fused-ring (bicyclic) bond motifs is 4. The van der Waals surface area contributed by atoms with Crippen LogP contribution in [0, 0.1) is 19.3 Å². The van der Waals surface area contributed by atoms with Gasteiger partial charge in [-0.3, -0.25) is 19.8 Å². The quantitative estimate of drug-likeness (QED) is 0.264. The standard InChI is InChI=1S/C36H38N6O6S/c1-22-9-6-10-23(2)32(22)29-17-31-39-34(37-29)40-49(46,47)28-14-8-12-25(16-28)33(44)41(27(21-48-31)18-36(3,4)5)19-24-11-7-13-26(15-24)42-20-30(43)38-35(42)45/h6-17,27H,18-21H2,1-5H3,(H,37,39,40)(H,38,43,45)/t27-/m1/s1. The monoisotopic (exact) mass is 682 g/mol. The van der Waals surface area contributed by atoms with Gasteiger partial charge >= 0.3 is 6.03 Å². The second-order valence-corrected chi connectivity index (χ2v) is 15.3. The number of imide groups is 1. The summed E-state index contributed by atoms with van der Waals surface area (Å²) >= 11 is 0. The number of ether oxygens (including phenoxy) is 1. The number of anilines is 2. The van der Waals surface area contributed by atoms with Crippen molar-refractivity contribution in [3.8, 4) is 17.1 Å². The van der Waals surface area contributed by atoms with E-state index in [1.807, 2.05) is 38.1 Å². The highest BCUT2D eigenvalue weighted by atomic mass is 32.2. The molecule has 12 nitrogen and oxygen atoms in total. The molecular weight excluding hydrogens is 644 g/mol. The number of aryl methyl sites for hydroxylation is 2. The normalized spacial score (nSPS) is 17.7. The van der Waals surface area contributed by atoms with Gasteiger partial charge in [0.05, 0.1) is 16.6 Å². The summed E-state index contributed by atoms with van der Waals surface area (Å²) < 4.78 is 36.2. The van der Waals surface area contributed by atoms with Crippen molar-refractivity contribution in [2.75, 3.05) is 22.8 Å². The number of carbonyl (C=O) groups is 3. The fourth-order valence-electron chi connectivity index (χ4n) is 6.22. The van der Waals surface area contributed by atoms with Crippen molar-refractivity contribution in [2.24, 2.45) is 5.41 Å². The molecule has 6 rings (SSSR count). The van der Waals surface area contributed by atoms with Crippen LogP contribution in [0.15, 0.2) is 77.7 Å². The fourth-order valence-corrected chi connectivity index (χ4v) is 7.21. The molecule has 1 atom stereocenters. The van der Waals surface area contributed by atoms with Crippen molar-refractivity contribution in [1.29, 1.82) is 0 Å². The zero-order valence-corrected chi connectivity index (χ0v) is 28.8. The molecule has 13 heteroatoms. The highest BCUT2D eigenvalue weighted by Gasteiger charge is 2.32. The summed E-state index contributed by atoms with van der Waals surface area (Å²) in [4.78, 5) is 50.7. The number of hydrogen-bond acceptors (Lipinski definition) is 8. The van der Waals surface area contributed by atoms with Crippen LogP contribution in [-0.2, 0) is 21.4 Å². The molecule has 4 aromatic rings. The lowest BCUT2D eigenvalue weighted by molar-refractivity contribution is -0.117. The van der Waals surface area contributed by atoms with Crippen LogP contribution >= 0.6 is 0 Å². The zero-order chi connectivity index (χ0) is 35.1. The van der Waals surface area contributed by atoms with E-state index in [9.17, 15) is 22.8 Å². The predicted molar refractivity (Wildman–Crippen MR) is 185 cm³/mol. The average molecular weight is 683 g/mol. The number of benzene rings is 3. The maximum absolute atomic E-state index is 14.5. The first-order chi connectivity index (χ1) is 23.2. The maximum Gasteiger partial charge on any atom is 0.329 e. The average Bonchev–Trinajstić information content (AvgIpc) is 3.38. The summed E-state index contributed by atoms with van der Waals surface area (Å²) in [5, 5.41) is 2.29. The molecule has 0 radical (unpaired) electrons. The minimum Gasteiger partial charge on any atom is -0.475 e. The molecule has 0 spiro atoms. The zero-order valence-electron chi connectivity index (χ0n) is 28.0. The van der Waals surface area contributed by atoms with Crippen LogP contribution in [0.25, 0.3) is 11.3 Å². The molecule has 2 aliphatic heterocycles. The number of aromatic nitrogens is 2. The summed E-state index contributed by atoms with van der Waals surface area (Å²) in [5.74, 6) is -0.807. The molecule has 49 heavy (non-hydrogen) atoms. The number of sulfonamides is 1. The number of urea groups is 1. The van der Waals surface area contributed by atoms with Gasteiger partial charge in [-0.15, -0.1) is 0 Å². The Kier molecular flexibility index (Phi) is 8.88. The summed E-state index contributed by atoms with van der Waals surface area (Å²) in [7, 11) is -4.22. The second-order valence-electron chi connectivity index (χ2n) is 13.6. The number of hydrogen-bond donors (Lipinski definition) is 2. The molecule has 4 amide bonds. The molecule has 0 saturated carbocycles. The number of amides is 4. The molecule has 3 aromatic carbocycles. The molecule has 3 heterocycles. The topological polar surface area (TPSA) is 151 Å². The van der Waals surface area contributed by atoms with E-state index >= 15 is 0 Å². The van der Waals surface area contributed by atoms with E-state index in [2.05, 4.69) is 40.8 Å². The van der Waals surface area contributed by atoms with Gasteiger partial charge in [0.2, 0.25) is 17.7 Å². The molecule has 1 fully saturated rings. The van der Waals surface area contributed by atoms with E-state index in [0.717, 1.165) is 16.7 Å². The Morgan fingerprint density at radius 1 is 0.918 bits per heavy atom. The van der Waals surface area contributed by atoms with E-state index in [1.54, 1.807) is 35.2 Å². The van der Waals surface area contributed by atoms with Crippen LogP contribution in [-0.4, -0.2) is 60.3 Å². The Bertz CT molecular complexity index is 2060. The van der Waals surface area contributed by atoms with Crippen molar-refractivity contribution in [1.82, 2.24) is 20.2 Å². The van der Waals surface area contributed by atoms with E-state index in [4.69, 9.17) is 4.74 Å². The molecule has 0 unspecified atom stereocenters. The van der Waals surface area contributed by atoms with Gasteiger partial charge < -0.3 is 9.64 Å². The Morgan fingerprint density at radius 2 is 1.63 bits per heavy atom. The first-order valence-electron chi connectivity index (χ1n) is 15.9. The van der Waals surface area contributed by atoms with Crippen LogP contribution < -0.4 is 19.7 Å². The summed E-state index contributed by atoms with van der Waals surface area (Å²) in [5.41, 5.74) is 4.35. The van der Waals surface area contributed by atoms with Crippen molar-refractivity contribution in [3.63, 3.8) is 0 Å². The smallest absolute Gasteiger partial charge is 0.329 e. The summed E-state index contributed by atoms with van der Waals surface area (Å²) in [6, 6.07) is 19.5. The van der Waals surface area contributed by atoms with Crippen molar-refractivity contribution in [2.45, 2.75) is 58.5 Å². The number of nitrogens with zero attached hydrogens (tertiary/aromatic N) is 4. The largest absolute Gasteiger partial charge is 0.475 e. The minimum absolute atomic E-state index is 0.0425. The molecule has 2 aliphatic rings. The van der Waals surface area contributed by atoms with Gasteiger partial charge in [0, 0.05) is 29.4 Å². The highest BCUT2D eigenvalue weighted by molar-refractivity contribution is 7.92. The van der Waals surface area contributed by atoms with Crippen molar-refractivity contribution >= 4 is 39.5 Å². The maximum atomic E-state index is 14.5. The Morgan fingerprint density at radius 3 is 2.33 bits per heavy atom. The number of nitrogens with one attached hydrogen (secondary N) is 2. The van der Waals surface area contributed by atoms with Gasteiger partial charge in [-0.2, -0.15) is 4.98 Å². The summed E-state index contributed by atoms with van der Waals surface area (Å²) in [6.07, 6.45) is 0.527. The van der Waals surface area contributed by atoms with E-state index < -0.39 is 33.9 Å². The van der Waals surface area contributed by atoms with Crippen LogP contribution in [0.2, 0.25) is 0 Å². The summed E-state index contributed by atoms with van der Waals surface area (Å²) in [6.45, 7) is 10.2. The third-order valence-electron chi connectivity index (χ3n) is 8.40. The number of rotatable bonds is 5. The van der Waals surface area contributed by atoms with E-state index in [1.165, 1.54) is 23.1 Å². The van der Waals surface area contributed by atoms with Crippen LogP contribution in [0.4, 0.5) is 16.4 Å². The molecule has 4 bridgehead atoms. The van der Waals surface area contributed by atoms with Crippen LogP contribution in [0.1, 0.15) is 54.2 Å². The molecule has 254 valence electrons. The van der Waals surface area contributed by atoms with E-state index in [-0.39, 0.29) is 47.4 Å². The predicted octanol–water partition coefficient (Wildman–Crippen LogP) is 5.46. The molecular formula is C36H38N6O6S. The van der Waals surface area contributed by atoms with Gasteiger partial charge in [0.15, 0.2) is 0 Å². The first kappa shape index (κ1) is 33.6. The lowest BCUT2D eigenvalue weighted by atomic mass is 9.87. The van der Waals surface area contributed by atoms with Gasteiger partial charge in [0.1, 0.15) is 13.2 Å². The van der Waals surface area contributed by atoms with Crippen molar-refractivity contribution < 1.29 is 27.5 Å². The van der Waals surface area contributed by atoms with Crippen LogP contribution in [0.3, 0.4) is 0 Å². The SMILES string of the molecule is Cc1cccc(C)c1-c1cc2nc(n1)NS(=O)(=O)c1cccc(c1)C(=O)N(Cc1cccc(N3CC(=O)NC3=O)c1)[C@H](CC(C)(C)C)CO2. The Balaban J connectivity index is 1.47. The van der Waals surface area contributed by atoms with Gasteiger partial charge in [-0.25, -0.2) is 22.9 Å². The second kappa shape index (κ2) is 13.0. The minimum atomic E-state index is -4.22.